The second-order valence-electron chi connectivity index (χ2n) is 7.77. The predicted molar refractivity (Wildman–Crippen MR) is 96.8 cm³/mol. The number of fused-ring (bicyclic) bond motifs is 1. The molecule has 8 heteroatoms. The van der Waals surface area contributed by atoms with E-state index in [1.807, 2.05) is 0 Å². The van der Waals surface area contributed by atoms with E-state index < -0.39 is 0 Å². The third-order valence-corrected chi connectivity index (χ3v) is 5.76. The lowest BCUT2D eigenvalue weighted by Crippen LogP contribution is -2.68. The van der Waals surface area contributed by atoms with Crippen molar-refractivity contribution in [2.45, 2.75) is 63.6 Å². The molecule has 0 radical (unpaired) electrons. The molecular formula is C17H34N6O2. The molecule has 2 amide bonds. The van der Waals surface area contributed by atoms with E-state index in [4.69, 9.17) is 5.11 Å². The summed E-state index contributed by atoms with van der Waals surface area (Å²) in [6.45, 7) is 5.00. The van der Waals surface area contributed by atoms with Gasteiger partial charge in [0.25, 0.3) is 0 Å². The fraction of sp³-hybridized carbons (Fsp3) is 0.941. The molecule has 0 aromatic carbocycles. The molecule has 6 unspecified atom stereocenters. The standard InChI is InChI=1S/C17H34N6O2/c1-11-8-15(19-6-7-24)22-16(20-11)23-17(25)21-14-3-2-13-10-18-5-4-12(13)9-14/h11-16,18-20,22,24H,2-10H2,1H3,(H2,21,23,25). The lowest BCUT2D eigenvalue weighted by Gasteiger charge is -2.40. The minimum atomic E-state index is -0.268. The van der Waals surface area contributed by atoms with Crippen molar-refractivity contribution in [1.82, 2.24) is 31.9 Å². The average Bonchev–Trinajstić information content (AvgIpc) is 2.59. The van der Waals surface area contributed by atoms with Gasteiger partial charge < -0.3 is 21.1 Å². The van der Waals surface area contributed by atoms with Crippen LogP contribution in [0.4, 0.5) is 4.79 Å². The largest absolute Gasteiger partial charge is 0.395 e. The second kappa shape index (κ2) is 9.14. The van der Waals surface area contributed by atoms with Crippen LogP contribution in [0.25, 0.3) is 0 Å². The SMILES string of the molecule is CC1CC(NCCO)NC(NC(=O)NC2CCC3CNCCC3C2)N1. The predicted octanol–water partition coefficient (Wildman–Crippen LogP) is -0.773. The summed E-state index contributed by atoms with van der Waals surface area (Å²) < 4.78 is 0. The molecule has 3 fully saturated rings. The first-order chi connectivity index (χ1) is 12.1. The highest BCUT2D eigenvalue weighted by molar-refractivity contribution is 5.74. The highest BCUT2D eigenvalue weighted by Gasteiger charge is 2.33. The Morgan fingerprint density at radius 1 is 1.12 bits per heavy atom. The Kier molecular flexibility index (Phi) is 6.89. The van der Waals surface area contributed by atoms with Gasteiger partial charge in [0.15, 0.2) is 0 Å². The third kappa shape index (κ3) is 5.52. The number of hydrogen-bond donors (Lipinski definition) is 7. The summed E-state index contributed by atoms with van der Waals surface area (Å²) in [5, 5.41) is 28.5. The number of carbonyl (C=O) groups excluding carboxylic acids is 1. The molecule has 1 aliphatic carbocycles. The summed E-state index contributed by atoms with van der Waals surface area (Å²) in [4.78, 5) is 12.4. The lowest BCUT2D eigenvalue weighted by molar-refractivity contribution is 0.150. The molecule has 8 nitrogen and oxygen atoms in total. The van der Waals surface area contributed by atoms with Gasteiger partial charge in [-0.3, -0.25) is 16.0 Å². The molecule has 2 aliphatic heterocycles. The minimum Gasteiger partial charge on any atom is -0.395 e. The van der Waals surface area contributed by atoms with E-state index in [1.54, 1.807) is 0 Å². The number of amides is 2. The molecule has 6 atom stereocenters. The van der Waals surface area contributed by atoms with Crippen molar-refractivity contribution >= 4 is 6.03 Å². The average molecular weight is 354 g/mol. The van der Waals surface area contributed by atoms with Crippen LogP contribution in [-0.2, 0) is 0 Å². The van der Waals surface area contributed by atoms with Crippen LogP contribution in [-0.4, -0.2) is 61.9 Å². The molecular weight excluding hydrogens is 320 g/mol. The molecule has 3 aliphatic rings. The minimum absolute atomic E-state index is 0.0823. The van der Waals surface area contributed by atoms with Gasteiger partial charge in [-0.15, -0.1) is 0 Å². The van der Waals surface area contributed by atoms with Crippen molar-refractivity contribution in [3.05, 3.63) is 0 Å². The Morgan fingerprint density at radius 2 is 2.00 bits per heavy atom. The smallest absolute Gasteiger partial charge is 0.317 e. The Bertz CT molecular complexity index is 437. The van der Waals surface area contributed by atoms with Crippen molar-refractivity contribution < 1.29 is 9.90 Å². The van der Waals surface area contributed by atoms with Gasteiger partial charge in [-0.05, 0) is 64.0 Å². The number of carbonyl (C=O) groups is 1. The van der Waals surface area contributed by atoms with Crippen LogP contribution >= 0.6 is 0 Å². The highest BCUT2D eigenvalue weighted by atomic mass is 16.3. The maximum atomic E-state index is 12.4. The summed E-state index contributed by atoms with van der Waals surface area (Å²) >= 11 is 0. The number of aliphatic hydroxyl groups is 1. The Morgan fingerprint density at radius 3 is 2.84 bits per heavy atom. The van der Waals surface area contributed by atoms with E-state index in [1.165, 1.54) is 12.8 Å². The normalized spacial score (nSPS) is 38.6. The zero-order valence-electron chi connectivity index (χ0n) is 15.2. The summed E-state index contributed by atoms with van der Waals surface area (Å²) in [7, 11) is 0. The van der Waals surface area contributed by atoms with Crippen molar-refractivity contribution in [2.75, 3.05) is 26.2 Å². The molecule has 1 saturated carbocycles. The number of aliphatic hydroxyl groups excluding tert-OH is 1. The maximum Gasteiger partial charge on any atom is 0.317 e. The van der Waals surface area contributed by atoms with Crippen LogP contribution in [0, 0.1) is 11.8 Å². The fourth-order valence-electron chi connectivity index (χ4n) is 4.50. The van der Waals surface area contributed by atoms with Crippen LogP contribution in [0.2, 0.25) is 0 Å². The van der Waals surface area contributed by atoms with Crippen molar-refractivity contribution in [2.24, 2.45) is 11.8 Å². The van der Waals surface area contributed by atoms with Crippen molar-refractivity contribution in [1.29, 1.82) is 0 Å². The molecule has 3 rings (SSSR count). The van der Waals surface area contributed by atoms with E-state index in [2.05, 4.69) is 38.8 Å². The molecule has 144 valence electrons. The fourth-order valence-corrected chi connectivity index (χ4v) is 4.50. The number of urea groups is 1. The number of piperidine rings is 1. The molecule has 0 bridgehead atoms. The van der Waals surface area contributed by atoms with Gasteiger partial charge in [0.1, 0.15) is 6.29 Å². The first-order valence-electron chi connectivity index (χ1n) is 9.78. The van der Waals surface area contributed by atoms with E-state index >= 15 is 0 Å². The maximum absolute atomic E-state index is 12.4. The molecule has 7 N–H and O–H groups in total. The van der Waals surface area contributed by atoms with Gasteiger partial charge in [0.05, 0.1) is 12.8 Å². The zero-order valence-corrected chi connectivity index (χ0v) is 15.2. The van der Waals surface area contributed by atoms with Gasteiger partial charge in [-0.25, -0.2) is 4.79 Å². The summed E-state index contributed by atoms with van der Waals surface area (Å²) in [5.41, 5.74) is 0. The number of hydrogen-bond acceptors (Lipinski definition) is 6. The Labute approximate surface area is 150 Å². The van der Waals surface area contributed by atoms with E-state index in [0.29, 0.717) is 6.54 Å². The van der Waals surface area contributed by atoms with Gasteiger partial charge in [0.2, 0.25) is 0 Å². The number of rotatable bonds is 5. The van der Waals surface area contributed by atoms with Crippen LogP contribution < -0.4 is 31.9 Å². The Hall–Kier alpha value is -0.930. The van der Waals surface area contributed by atoms with Crippen LogP contribution in [0.1, 0.15) is 39.0 Å². The lowest BCUT2D eigenvalue weighted by atomic mass is 9.73. The number of nitrogens with one attached hydrogen (secondary N) is 6. The van der Waals surface area contributed by atoms with E-state index in [0.717, 1.165) is 44.2 Å². The van der Waals surface area contributed by atoms with Crippen molar-refractivity contribution in [3.8, 4) is 0 Å². The van der Waals surface area contributed by atoms with Crippen molar-refractivity contribution in [3.63, 3.8) is 0 Å². The molecule has 0 spiro atoms. The first-order valence-corrected chi connectivity index (χ1v) is 9.78. The van der Waals surface area contributed by atoms with E-state index in [9.17, 15) is 4.79 Å². The molecule has 2 saturated heterocycles. The van der Waals surface area contributed by atoms with Gasteiger partial charge >= 0.3 is 6.03 Å². The van der Waals surface area contributed by atoms with Gasteiger partial charge in [0, 0.05) is 18.6 Å². The Balaban J connectivity index is 1.42. The molecule has 0 aromatic heterocycles. The monoisotopic (exact) mass is 354 g/mol. The second-order valence-corrected chi connectivity index (χ2v) is 7.77. The topological polar surface area (TPSA) is 109 Å². The molecule has 2 heterocycles. The van der Waals surface area contributed by atoms with Gasteiger partial charge in [-0.1, -0.05) is 0 Å². The quantitative estimate of drug-likeness (QED) is 0.349. The van der Waals surface area contributed by atoms with Gasteiger partial charge in [-0.2, -0.15) is 0 Å². The third-order valence-electron chi connectivity index (χ3n) is 5.76. The first kappa shape index (κ1) is 18.8. The van der Waals surface area contributed by atoms with Crippen LogP contribution in [0.15, 0.2) is 0 Å². The van der Waals surface area contributed by atoms with Crippen LogP contribution in [0.3, 0.4) is 0 Å². The highest BCUT2D eigenvalue weighted by Crippen LogP contribution is 2.33. The summed E-state index contributed by atoms with van der Waals surface area (Å²) in [5.74, 6) is 1.54. The zero-order chi connectivity index (χ0) is 17.6. The summed E-state index contributed by atoms with van der Waals surface area (Å²) in [6, 6.07) is 0.453. The molecule has 0 aromatic rings. The van der Waals surface area contributed by atoms with Crippen LogP contribution in [0.5, 0.6) is 0 Å². The molecule has 25 heavy (non-hydrogen) atoms. The summed E-state index contributed by atoms with van der Waals surface area (Å²) in [6.07, 6.45) is 5.31. The van der Waals surface area contributed by atoms with E-state index in [-0.39, 0.29) is 37.2 Å².